The zero-order chi connectivity index (χ0) is 20.1. The summed E-state index contributed by atoms with van der Waals surface area (Å²) in [5, 5.41) is 5.81. The van der Waals surface area contributed by atoms with Gasteiger partial charge in [0.25, 0.3) is 11.8 Å². The molecule has 28 heavy (non-hydrogen) atoms. The maximum absolute atomic E-state index is 12.3. The van der Waals surface area contributed by atoms with E-state index in [2.05, 4.69) is 15.6 Å². The lowest BCUT2D eigenvalue weighted by Crippen LogP contribution is -2.31. The van der Waals surface area contributed by atoms with Gasteiger partial charge in [0, 0.05) is 18.3 Å². The van der Waals surface area contributed by atoms with Crippen LogP contribution in [0.3, 0.4) is 0 Å². The third-order valence-corrected chi connectivity index (χ3v) is 5.03. The third kappa shape index (κ3) is 4.58. The van der Waals surface area contributed by atoms with E-state index in [4.69, 9.17) is 0 Å². The summed E-state index contributed by atoms with van der Waals surface area (Å²) < 4.78 is 0. The van der Waals surface area contributed by atoms with Crippen LogP contribution in [0.25, 0.3) is 0 Å². The van der Waals surface area contributed by atoms with Crippen LogP contribution in [0.2, 0.25) is 0 Å². The van der Waals surface area contributed by atoms with Gasteiger partial charge in [0.1, 0.15) is 6.54 Å². The molecular formula is C20H20N4O3S. The summed E-state index contributed by atoms with van der Waals surface area (Å²) in [7, 11) is 1.55. The molecule has 0 aliphatic carbocycles. The molecule has 144 valence electrons. The average Bonchev–Trinajstić information content (AvgIpc) is 3.07. The Morgan fingerprint density at radius 1 is 1.18 bits per heavy atom. The number of anilines is 2. The van der Waals surface area contributed by atoms with E-state index >= 15 is 0 Å². The van der Waals surface area contributed by atoms with E-state index in [1.807, 2.05) is 31.2 Å². The summed E-state index contributed by atoms with van der Waals surface area (Å²) in [5.41, 5.74) is 2.83. The second-order valence-corrected chi connectivity index (χ2v) is 7.10. The van der Waals surface area contributed by atoms with Crippen molar-refractivity contribution in [3.63, 3.8) is 0 Å². The van der Waals surface area contributed by atoms with Crippen molar-refractivity contribution >= 4 is 46.0 Å². The Hall–Kier alpha value is -3.13. The highest BCUT2D eigenvalue weighted by atomic mass is 32.2. The van der Waals surface area contributed by atoms with E-state index in [1.54, 1.807) is 31.3 Å². The predicted molar refractivity (Wildman–Crippen MR) is 112 cm³/mol. The van der Waals surface area contributed by atoms with Gasteiger partial charge >= 0.3 is 0 Å². The van der Waals surface area contributed by atoms with Crippen molar-refractivity contribution in [1.82, 2.24) is 5.32 Å². The summed E-state index contributed by atoms with van der Waals surface area (Å²) in [6.45, 7) is 2.05. The Morgan fingerprint density at radius 3 is 2.64 bits per heavy atom. The van der Waals surface area contributed by atoms with Gasteiger partial charge in [-0.1, -0.05) is 35.5 Å². The van der Waals surface area contributed by atoms with E-state index in [9.17, 15) is 14.4 Å². The highest BCUT2D eigenvalue weighted by molar-refractivity contribution is 8.14. The Labute approximate surface area is 167 Å². The molecule has 1 aliphatic rings. The summed E-state index contributed by atoms with van der Waals surface area (Å²) in [4.78, 5) is 42.0. The van der Waals surface area contributed by atoms with Crippen LogP contribution in [0.15, 0.2) is 53.5 Å². The predicted octanol–water partition coefficient (Wildman–Crippen LogP) is 2.43. The largest absolute Gasteiger partial charge is 0.355 e. The minimum Gasteiger partial charge on any atom is -0.355 e. The van der Waals surface area contributed by atoms with Crippen molar-refractivity contribution in [2.45, 2.75) is 6.92 Å². The lowest BCUT2D eigenvalue weighted by molar-refractivity contribution is -0.116. The number of hydrogen-bond acceptors (Lipinski definition) is 5. The first-order valence-electron chi connectivity index (χ1n) is 8.67. The number of benzene rings is 2. The number of rotatable bonds is 5. The Balaban J connectivity index is 1.61. The summed E-state index contributed by atoms with van der Waals surface area (Å²) in [6, 6.07) is 14.3. The quantitative estimate of drug-likeness (QED) is 0.812. The van der Waals surface area contributed by atoms with Crippen LogP contribution in [0.4, 0.5) is 11.4 Å². The zero-order valence-electron chi connectivity index (χ0n) is 15.6. The Bertz CT molecular complexity index is 941. The zero-order valence-corrected chi connectivity index (χ0v) is 16.4. The molecule has 0 atom stereocenters. The molecule has 2 aromatic carbocycles. The number of amides is 3. The number of carbonyl (C=O) groups is 3. The van der Waals surface area contributed by atoms with Crippen LogP contribution in [0, 0.1) is 6.92 Å². The first kappa shape index (κ1) is 19.6. The lowest BCUT2D eigenvalue weighted by atomic mass is 10.2. The Kier molecular flexibility index (Phi) is 6.10. The number of carbonyl (C=O) groups excluding carboxylic acids is 3. The van der Waals surface area contributed by atoms with Gasteiger partial charge < -0.3 is 10.6 Å². The number of hydrogen-bond donors (Lipinski definition) is 2. The van der Waals surface area contributed by atoms with Gasteiger partial charge in [0.2, 0.25) is 5.91 Å². The van der Waals surface area contributed by atoms with Crippen LogP contribution in [0.1, 0.15) is 15.9 Å². The van der Waals surface area contributed by atoms with Gasteiger partial charge in [-0.25, -0.2) is 0 Å². The van der Waals surface area contributed by atoms with Gasteiger partial charge in [-0.05, 0) is 37.3 Å². The second-order valence-electron chi connectivity index (χ2n) is 6.16. The highest BCUT2D eigenvalue weighted by Gasteiger charge is 2.27. The topological polar surface area (TPSA) is 90.9 Å². The average molecular weight is 396 g/mol. The van der Waals surface area contributed by atoms with E-state index < -0.39 is 0 Å². The number of aryl methyl sites for hydroxylation is 1. The smallest absolute Gasteiger partial charge is 0.254 e. The van der Waals surface area contributed by atoms with Gasteiger partial charge in [0.15, 0.2) is 5.17 Å². The fraction of sp³-hybridized carbons (Fsp3) is 0.200. The summed E-state index contributed by atoms with van der Waals surface area (Å²) >= 11 is 1.20. The van der Waals surface area contributed by atoms with Crippen molar-refractivity contribution < 1.29 is 14.4 Å². The van der Waals surface area contributed by atoms with Crippen molar-refractivity contribution in [1.29, 1.82) is 0 Å². The third-order valence-electron chi connectivity index (χ3n) is 4.05. The minimum atomic E-state index is -0.245. The van der Waals surface area contributed by atoms with E-state index in [0.717, 1.165) is 11.3 Å². The molecule has 0 radical (unpaired) electrons. The minimum absolute atomic E-state index is 0.0754. The maximum atomic E-state index is 12.3. The van der Waals surface area contributed by atoms with Gasteiger partial charge in [-0.3, -0.25) is 24.3 Å². The first-order chi connectivity index (χ1) is 13.5. The van der Waals surface area contributed by atoms with Crippen molar-refractivity contribution in [3.8, 4) is 0 Å². The number of nitrogens with zero attached hydrogens (tertiary/aromatic N) is 2. The highest BCUT2D eigenvalue weighted by Crippen LogP contribution is 2.24. The van der Waals surface area contributed by atoms with Gasteiger partial charge in [0.05, 0.1) is 11.4 Å². The molecule has 0 aromatic heterocycles. The van der Waals surface area contributed by atoms with E-state index in [0.29, 0.717) is 16.4 Å². The molecule has 7 nitrogen and oxygen atoms in total. The molecule has 0 unspecified atom stereocenters. The van der Waals surface area contributed by atoms with Crippen LogP contribution in [-0.4, -0.2) is 42.2 Å². The number of amidine groups is 1. The van der Waals surface area contributed by atoms with E-state index in [-0.39, 0.29) is 30.0 Å². The molecule has 1 heterocycles. The molecule has 2 N–H and O–H groups in total. The number of aliphatic imine (C=N–C) groups is 1. The molecule has 8 heteroatoms. The second kappa shape index (κ2) is 8.71. The van der Waals surface area contributed by atoms with E-state index in [1.165, 1.54) is 16.7 Å². The number of thioether (sulfide) groups is 1. The standard InChI is InChI=1S/C20H20N4O3S/c1-13-6-8-16(9-7-13)24-18(26)11-22-20(24)28-12-17(25)23-15-5-3-4-14(10-15)19(27)21-2/h3-10H,11-12H2,1-2H3,(H,21,27)(H,23,25). The molecular weight excluding hydrogens is 376 g/mol. The van der Waals surface area contributed by atoms with Gasteiger partial charge in [-0.2, -0.15) is 0 Å². The fourth-order valence-corrected chi connectivity index (χ4v) is 3.48. The lowest BCUT2D eigenvalue weighted by Gasteiger charge is -2.18. The number of nitrogens with one attached hydrogen (secondary N) is 2. The SMILES string of the molecule is CNC(=O)c1cccc(NC(=O)CSC2=NCC(=O)N2c2ccc(C)cc2)c1. The molecule has 3 rings (SSSR count). The molecule has 0 spiro atoms. The van der Waals surface area contributed by atoms with Crippen LogP contribution < -0.4 is 15.5 Å². The first-order valence-corrected chi connectivity index (χ1v) is 9.65. The van der Waals surface area contributed by atoms with Crippen LogP contribution >= 0.6 is 11.8 Å². The molecule has 0 saturated carbocycles. The van der Waals surface area contributed by atoms with Crippen molar-refractivity contribution in [2.75, 3.05) is 29.6 Å². The maximum Gasteiger partial charge on any atom is 0.254 e. The Morgan fingerprint density at radius 2 is 1.93 bits per heavy atom. The normalized spacial score (nSPS) is 13.3. The van der Waals surface area contributed by atoms with Crippen LogP contribution in [0.5, 0.6) is 0 Å². The van der Waals surface area contributed by atoms with Crippen LogP contribution in [-0.2, 0) is 9.59 Å². The van der Waals surface area contributed by atoms with Crippen molar-refractivity contribution in [3.05, 3.63) is 59.7 Å². The molecule has 0 bridgehead atoms. The van der Waals surface area contributed by atoms with Gasteiger partial charge in [-0.15, -0.1) is 0 Å². The summed E-state index contributed by atoms with van der Waals surface area (Å²) in [5.74, 6) is -0.494. The molecule has 0 fully saturated rings. The van der Waals surface area contributed by atoms with Crippen molar-refractivity contribution in [2.24, 2.45) is 4.99 Å². The summed E-state index contributed by atoms with van der Waals surface area (Å²) in [6.07, 6.45) is 0. The molecule has 0 saturated heterocycles. The molecule has 3 amide bonds. The monoisotopic (exact) mass is 396 g/mol. The molecule has 1 aliphatic heterocycles. The fourth-order valence-electron chi connectivity index (χ4n) is 2.65. The molecule has 2 aromatic rings.